The number of carbonyl (C=O) groups is 1. The number of rotatable bonds is 4. The van der Waals surface area contributed by atoms with E-state index in [0.717, 1.165) is 27.7 Å². The van der Waals surface area contributed by atoms with E-state index in [1.165, 1.54) is 4.88 Å². The van der Waals surface area contributed by atoms with E-state index in [0.29, 0.717) is 12.8 Å². The summed E-state index contributed by atoms with van der Waals surface area (Å²) in [5.74, 6) is 0.202. The van der Waals surface area contributed by atoms with Gasteiger partial charge in [-0.1, -0.05) is 0 Å². The van der Waals surface area contributed by atoms with E-state index in [1.807, 2.05) is 39.4 Å². The fraction of sp³-hybridized carbons (Fsp3) is 0.500. The standard InChI is InChI=1S/C14H19N3OS/c1-8-11(4)19-14(15-8)7-12(18)6-13-9(2)16-17(5)10(13)3/h6-7H2,1-5H3. The second kappa shape index (κ2) is 5.25. The molecular formula is C14H19N3OS. The highest BCUT2D eigenvalue weighted by atomic mass is 32.1. The van der Waals surface area contributed by atoms with Crippen LogP contribution in [0.4, 0.5) is 0 Å². The number of hydrogen-bond acceptors (Lipinski definition) is 4. The van der Waals surface area contributed by atoms with Crippen LogP contribution >= 0.6 is 11.3 Å². The third kappa shape index (κ3) is 2.92. The van der Waals surface area contributed by atoms with Gasteiger partial charge in [0, 0.05) is 29.6 Å². The van der Waals surface area contributed by atoms with Crippen LogP contribution in [0.15, 0.2) is 0 Å². The van der Waals surface area contributed by atoms with Crippen LogP contribution in [0, 0.1) is 27.7 Å². The number of Topliss-reactive ketones (excluding diaryl/α,β-unsaturated/α-hetero) is 1. The molecule has 0 atom stereocenters. The number of ketones is 1. The molecule has 4 nitrogen and oxygen atoms in total. The van der Waals surface area contributed by atoms with Gasteiger partial charge in [0.05, 0.1) is 17.8 Å². The van der Waals surface area contributed by atoms with Crippen molar-refractivity contribution in [2.45, 2.75) is 40.5 Å². The summed E-state index contributed by atoms with van der Waals surface area (Å²) in [5.41, 5.74) is 4.09. The molecule has 0 unspecified atom stereocenters. The summed E-state index contributed by atoms with van der Waals surface area (Å²) in [7, 11) is 1.91. The second-order valence-electron chi connectivity index (χ2n) is 4.91. The van der Waals surface area contributed by atoms with E-state index in [9.17, 15) is 4.79 Å². The summed E-state index contributed by atoms with van der Waals surface area (Å²) in [6.07, 6.45) is 0.871. The highest BCUT2D eigenvalue weighted by Crippen LogP contribution is 2.19. The Morgan fingerprint density at radius 3 is 2.32 bits per heavy atom. The molecule has 0 aliphatic rings. The molecular weight excluding hydrogens is 258 g/mol. The van der Waals surface area contributed by atoms with Crippen molar-refractivity contribution in [1.29, 1.82) is 0 Å². The molecule has 0 fully saturated rings. The summed E-state index contributed by atoms with van der Waals surface area (Å²) in [4.78, 5) is 17.8. The van der Waals surface area contributed by atoms with Crippen molar-refractivity contribution >= 4 is 17.1 Å². The highest BCUT2D eigenvalue weighted by Gasteiger charge is 2.15. The summed E-state index contributed by atoms with van der Waals surface area (Å²) in [6.45, 7) is 7.97. The Morgan fingerprint density at radius 1 is 1.16 bits per heavy atom. The van der Waals surface area contributed by atoms with Crippen LogP contribution in [0.5, 0.6) is 0 Å². The number of aromatic nitrogens is 3. The zero-order chi connectivity index (χ0) is 14.2. The van der Waals surface area contributed by atoms with Gasteiger partial charge < -0.3 is 0 Å². The van der Waals surface area contributed by atoms with E-state index >= 15 is 0 Å². The Bertz CT molecular complexity index is 605. The van der Waals surface area contributed by atoms with Crippen LogP contribution in [0.1, 0.15) is 32.5 Å². The molecule has 2 aromatic heterocycles. The Balaban J connectivity index is 2.09. The first-order valence-electron chi connectivity index (χ1n) is 6.32. The predicted octanol–water partition coefficient (Wildman–Crippen LogP) is 2.46. The lowest BCUT2D eigenvalue weighted by atomic mass is 10.1. The first kappa shape index (κ1) is 13.9. The third-order valence-corrected chi connectivity index (χ3v) is 4.53. The summed E-state index contributed by atoms with van der Waals surface area (Å²) < 4.78 is 1.83. The Hall–Kier alpha value is -1.49. The molecule has 0 amide bonds. The zero-order valence-corrected chi connectivity index (χ0v) is 12.9. The van der Waals surface area contributed by atoms with Gasteiger partial charge in [-0.3, -0.25) is 9.48 Å². The smallest absolute Gasteiger partial charge is 0.144 e. The topological polar surface area (TPSA) is 47.8 Å². The maximum absolute atomic E-state index is 12.1. The Labute approximate surface area is 117 Å². The first-order chi connectivity index (χ1) is 8.88. The minimum Gasteiger partial charge on any atom is -0.299 e. The minimum atomic E-state index is 0.202. The lowest BCUT2D eigenvalue weighted by Crippen LogP contribution is -2.08. The number of thiazole rings is 1. The number of carbonyl (C=O) groups excluding carboxylic acids is 1. The average molecular weight is 277 g/mol. The molecule has 2 aromatic rings. The van der Waals surface area contributed by atoms with E-state index < -0.39 is 0 Å². The van der Waals surface area contributed by atoms with Gasteiger partial charge in [0.25, 0.3) is 0 Å². The van der Waals surface area contributed by atoms with Gasteiger partial charge in [0.1, 0.15) is 10.8 Å². The number of nitrogens with zero attached hydrogens (tertiary/aromatic N) is 3. The van der Waals surface area contributed by atoms with Crippen LogP contribution in [0.25, 0.3) is 0 Å². The fourth-order valence-electron chi connectivity index (χ4n) is 2.12. The zero-order valence-electron chi connectivity index (χ0n) is 12.1. The molecule has 5 heteroatoms. The van der Waals surface area contributed by atoms with E-state index in [2.05, 4.69) is 10.1 Å². The summed E-state index contributed by atoms with van der Waals surface area (Å²) in [5, 5.41) is 5.26. The van der Waals surface area contributed by atoms with Crippen molar-refractivity contribution in [2.75, 3.05) is 0 Å². The van der Waals surface area contributed by atoms with Crippen molar-refractivity contribution < 1.29 is 4.79 Å². The van der Waals surface area contributed by atoms with Crippen molar-refractivity contribution in [1.82, 2.24) is 14.8 Å². The molecule has 0 aliphatic carbocycles. The van der Waals surface area contributed by atoms with Crippen molar-refractivity contribution in [3.05, 3.63) is 32.5 Å². The van der Waals surface area contributed by atoms with Crippen LogP contribution in [-0.2, 0) is 24.7 Å². The van der Waals surface area contributed by atoms with Crippen LogP contribution < -0.4 is 0 Å². The van der Waals surface area contributed by atoms with Crippen molar-refractivity contribution in [2.24, 2.45) is 7.05 Å². The SMILES string of the molecule is Cc1nc(CC(=O)Cc2c(C)nn(C)c2C)sc1C. The second-order valence-corrected chi connectivity index (χ2v) is 6.20. The molecule has 0 N–H and O–H groups in total. The van der Waals surface area contributed by atoms with E-state index in [4.69, 9.17) is 0 Å². The molecule has 0 bridgehead atoms. The maximum Gasteiger partial charge on any atom is 0.144 e. The maximum atomic E-state index is 12.1. The monoisotopic (exact) mass is 277 g/mol. The lowest BCUT2D eigenvalue weighted by Gasteiger charge is -2.00. The molecule has 0 aliphatic heterocycles. The molecule has 0 saturated carbocycles. The van der Waals surface area contributed by atoms with Gasteiger partial charge in [-0.2, -0.15) is 5.10 Å². The van der Waals surface area contributed by atoms with Gasteiger partial charge in [-0.15, -0.1) is 11.3 Å². The highest BCUT2D eigenvalue weighted by molar-refractivity contribution is 7.11. The molecule has 0 spiro atoms. The Morgan fingerprint density at radius 2 is 1.84 bits per heavy atom. The van der Waals surface area contributed by atoms with E-state index in [1.54, 1.807) is 11.3 Å². The predicted molar refractivity (Wildman–Crippen MR) is 76.7 cm³/mol. The van der Waals surface area contributed by atoms with Gasteiger partial charge in [-0.25, -0.2) is 4.98 Å². The van der Waals surface area contributed by atoms with Crippen LogP contribution in [-0.4, -0.2) is 20.5 Å². The number of hydrogen-bond donors (Lipinski definition) is 0. The fourth-order valence-corrected chi connectivity index (χ4v) is 3.08. The summed E-state index contributed by atoms with van der Waals surface area (Å²) in [6, 6.07) is 0. The first-order valence-corrected chi connectivity index (χ1v) is 7.13. The average Bonchev–Trinajstić information content (AvgIpc) is 2.74. The molecule has 102 valence electrons. The third-order valence-electron chi connectivity index (χ3n) is 3.45. The van der Waals surface area contributed by atoms with Crippen LogP contribution in [0.3, 0.4) is 0 Å². The quantitative estimate of drug-likeness (QED) is 0.862. The van der Waals surface area contributed by atoms with Gasteiger partial charge in [0.2, 0.25) is 0 Å². The largest absolute Gasteiger partial charge is 0.299 e. The molecule has 19 heavy (non-hydrogen) atoms. The van der Waals surface area contributed by atoms with Crippen LogP contribution in [0.2, 0.25) is 0 Å². The molecule has 2 rings (SSSR count). The van der Waals surface area contributed by atoms with Crippen molar-refractivity contribution in [3.63, 3.8) is 0 Å². The molecule has 0 saturated heterocycles. The molecule has 0 aromatic carbocycles. The normalized spacial score (nSPS) is 11.0. The Kier molecular flexibility index (Phi) is 3.85. The minimum absolute atomic E-state index is 0.202. The lowest BCUT2D eigenvalue weighted by molar-refractivity contribution is -0.117. The number of aryl methyl sites for hydroxylation is 4. The molecule has 2 heterocycles. The van der Waals surface area contributed by atoms with Gasteiger partial charge in [-0.05, 0) is 27.7 Å². The van der Waals surface area contributed by atoms with E-state index in [-0.39, 0.29) is 5.78 Å². The van der Waals surface area contributed by atoms with Crippen molar-refractivity contribution in [3.8, 4) is 0 Å². The summed E-state index contributed by atoms with van der Waals surface area (Å²) >= 11 is 1.61. The molecule has 0 radical (unpaired) electrons. The van der Waals surface area contributed by atoms with Gasteiger partial charge in [0.15, 0.2) is 0 Å². The van der Waals surface area contributed by atoms with Gasteiger partial charge >= 0.3 is 0 Å².